The molecule has 98 valence electrons. The summed E-state index contributed by atoms with van der Waals surface area (Å²) in [7, 11) is 4.50. The van der Waals surface area contributed by atoms with E-state index in [4.69, 9.17) is 14.2 Å². The topological polar surface area (TPSA) is 57.3 Å². The minimum Gasteiger partial charge on any atom is -0.497 e. The fraction of sp³-hybridized carbons (Fsp3) is 0.462. The van der Waals surface area contributed by atoms with Crippen LogP contribution in [0.3, 0.4) is 0 Å². The third-order valence-corrected chi connectivity index (χ3v) is 3.16. The summed E-state index contributed by atoms with van der Waals surface area (Å²) in [5, 5.41) is 0. The molecule has 1 aliphatic rings. The molecule has 0 N–H and O–H groups in total. The van der Waals surface area contributed by atoms with Crippen LogP contribution in [0.1, 0.15) is 12.5 Å². The van der Waals surface area contributed by atoms with Gasteiger partial charge in [0.25, 0.3) is 0 Å². The Hall–Kier alpha value is -1.75. The minimum absolute atomic E-state index is 0.387. The van der Waals surface area contributed by atoms with Crippen molar-refractivity contribution in [2.45, 2.75) is 18.6 Å². The molecule has 1 aromatic carbocycles. The van der Waals surface area contributed by atoms with Gasteiger partial charge in [-0.15, -0.1) is 0 Å². The summed E-state index contributed by atoms with van der Waals surface area (Å²) >= 11 is 0. The fourth-order valence-corrected chi connectivity index (χ4v) is 2.00. The second kappa shape index (κ2) is 4.49. The Labute approximate surface area is 106 Å². The lowest BCUT2D eigenvalue weighted by Crippen LogP contribution is -2.18. The van der Waals surface area contributed by atoms with Gasteiger partial charge in [-0.3, -0.25) is 0 Å². The molecule has 2 rings (SSSR count). The van der Waals surface area contributed by atoms with E-state index in [1.807, 2.05) is 13.0 Å². The maximum absolute atomic E-state index is 11.5. The highest BCUT2D eigenvalue weighted by Gasteiger charge is 2.60. The van der Waals surface area contributed by atoms with Crippen molar-refractivity contribution in [3.63, 3.8) is 0 Å². The Kier molecular flexibility index (Phi) is 3.17. The first kappa shape index (κ1) is 12.7. The van der Waals surface area contributed by atoms with E-state index in [2.05, 4.69) is 4.74 Å². The van der Waals surface area contributed by atoms with E-state index in [1.165, 1.54) is 7.11 Å². The third-order valence-electron chi connectivity index (χ3n) is 3.16. The molecule has 0 bridgehead atoms. The summed E-state index contributed by atoms with van der Waals surface area (Å²) in [6.45, 7) is 1.83. The average molecular weight is 252 g/mol. The number of rotatable bonds is 4. The van der Waals surface area contributed by atoms with Crippen molar-refractivity contribution in [1.82, 2.24) is 0 Å². The lowest BCUT2D eigenvalue weighted by molar-refractivity contribution is -0.142. The molecule has 0 aliphatic carbocycles. The molecule has 1 aromatic rings. The molecule has 5 nitrogen and oxygen atoms in total. The SMILES string of the molecule is COC(=O)C1OC1(C)c1cc(OC)ccc1OC. The van der Waals surface area contributed by atoms with E-state index < -0.39 is 11.7 Å². The van der Waals surface area contributed by atoms with Crippen LogP contribution in [0.15, 0.2) is 18.2 Å². The van der Waals surface area contributed by atoms with E-state index in [1.54, 1.807) is 26.4 Å². The number of epoxide rings is 1. The Morgan fingerprint density at radius 2 is 2.00 bits per heavy atom. The van der Waals surface area contributed by atoms with Crippen LogP contribution >= 0.6 is 0 Å². The molecule has 1 aliphatic heterocycles. The summed E-state index contributed by atoms with van der Waals surface area (Å²) in [6, 6.07) is 5.39. The van der Waals surface area contributed by atoms with Crippen molar-refractivity contribution in [3.8, 4) is 11.5 Å². The van der Waals surface area contributed by atoms with Crippen molar-refractivity contribution < 1.29 is 23.7 Å². The van der Waals surface area contributed by atoms with Crippen molar-refractivity contribution in [2.24, 2.45) is 0 Å². The maximum Gasteiger partial charge on any atom is 0.338 e. The van der Waals surface area contributed by atoms with Crippen molar-refractivity contribution in [3.05, 3.63) is 23.8 Å². The van der Waals surface area contributed by atoms with Gasteiger partial charge in [0.05, 0.1) is 21.3 Å². The zero-order valence-corrected chi connectivity index (χ0v) is 10.9. The Morgan fingerprint density at radius 1 is 1.28 bits per heavy atom. The quantitative estimate of drug-likeness (QED) is 0.600. The molecule has 2 atom stereocenters. The number of ether oxygens (including phenoxy) is 4. The number of esters is 1. The van der Waals surface area contributed by atoms with Gasteiger partial charge in [-0.1, -0.05) is 0 Å². The number of hydrogen-bond donors (Lipinski definition) is 0. The molecule has 5 heteroatoms. The predicted octanol–water partition coefficient (Wildman–Crippen LogP) is 1.49. The van der Waals surface area contributed by atoms with Gasteiger partial charge in [-0.2, -0.15) is 0 Å². The Balaban J connectivity index is 2.36. The average Bonchev–Trinajstić information content (AvgIpc) is 3.10. The van der Waals surface area contributed by atoms with Gasteiger partial charge in [0.15, 0.2) is 6.10 Å². The largest absolute Gasteiger partial charge is 0.497 e. The van der Waals surface area contributed by atoms with Crippen LogP contribution in [0.25, 0.3) is 0 Å². The van der Waals surface area contributed by atoms with Crippen molar-refractivity contribution in [2.75, 3.05) is 21.3 Å². The molecule has 0 amide bonds. The zero-order chi connectivity index (χ0) is 13.3. The molecule has 0 aromatic heterocycles. The highest BCUT2D eigenvalue weighted by Crippen LogP contribution is 2.50. The van der Waals surface area contributed by atoms with Gasteiger partial charge in [-0.25, -0.2) is 4.79 Å². The van der Waals surface area contributed by atoms with Crippen LogP contribution in [-0.4, -0.2) is 33.4 Å². The van der Waals surface area contributed by atoms with Crippen LogP contribution in [-0.2, 0) is 19.9 Å². The number of benzene rings is 1. The van der Waals surface area contributed by atoms with Gasteiger partial charge in [0.1, 0.15) is 17.1 Å². The molecular weight excluding hydrogens is 236 g/mol. The molecule has 18 heavy (non-hydrogen) atoms. The monoisotopic (exact) mass is 252 g/mol. The van der Waals surface area contributed by atoms with Gasteiger partial charge in [-0.05, 0) is 25.1 Å². The maximum atomic E-state index is 11.5. The summed E-state index contributed by atoms with van der Waals surface area (Å²) in [5.41, 5.74) is 0.0622. The van der Waals surface area contributed by atoms with E-state index in [0.717, 1.165) is 5.56 Å². The smallest absolute Gasteiger partial charge is 0.338 e. The summed E-state index contributed by atoms with van der Waals surface area (Å²) in [6.07, 6.45) is -0.594. The van der Waals surface area contributed by atoms with Gasteiger partial charge >= 0.3 is 5.97 Å². The number of carbonyl (C=O) groups excluding carboxylic acids is 1. The first-order chi connectivity index (χ1) is 8.56. The fourth-order valence-electron chi connectivity index (χ4n) is 2.00. The van der Waals surface area contributed by atoms with Crippen LogP contribution < -0.4 is 9.47 Å². The normalized spacial score (nSPS) is 25.4. The second-order valence-electron chi connectivity index (χ2n) is 4.19. The van der Waals surface area contributed by atoms with E-state index >= 15 is 0 Å². The first-order valence-corrected chi connectivity index (χ1v) is 5.55. The van der Waals surface area contributed by atoms with Crippen LogP contribution in [0, 0.1) is 0 Å². The highest BCUT2D eigenvalue weighted by molar-refractivity contribution is 5.80. The van der Waals surface area contributed by atoms with Crippen LogP contribution in [0.2, 0.25) is 0 Å². The number of methoxy groups -OCH3 is 3. The van der Waals surface area contributed by atoms with Crippen molar-refractivity contribution >= 4 is 5.97 Å². The molecule has 1 heterocycles. The van der Waals surface area contributed by atoms with Gasteiger partial charge < -0.3 is 18.9 Å². The minimum atomic E-state index is -0.715. The standard InChI is InChI=1S/C13H16O5/c1-13(11(18-13)12(14)17-4)9-7-8(15-2)5-6-10(9)16-3/h5-7,11H,1-4H3. The van der Waals surface area contributed by atoms with Crippen LogP contribution in [0.5, 0.6) is 11.5 Å². The molecule has 0 radical (unpaired) electrons. The zero-order valence-electron chi connectivity index (χ0n) is 10.9. The Morgan fingerprint density at radius 3 is 2.56 bits per heavy atom. The highest BCUT2D eigenvalue weighted by atomic mass is 16.7. The first-order valence-electron chi connectivity index (χ1n) is 5.55. The molecule has 2 unspecified atom stereocenters. The summed E-state index contributed by atoms with van der Waals surface area (Å²) in [5.74, 6) is 0.957. The van der Waals surface area contributed by atoms with E-state index in [-0.39, 0.29) is 5.97 Å². The molecule has 1 fully saturated rings. The molecule has 0 spiro atoms. The second-order valence-corrected chi connectivity index (χ2v) is 4.19. The van der Waals surface area contributed by atoms with E-state index in [9.17, 15) is 4.79 Å². The lowest BCUT2D eigenvalue weighted by Gasteiger charge is -2.13. The number of hydrogen-bond acceptors (Lipinski definition) is 5. The Bertz CT molecular complexity index is 470. The molecule has 0 saturated carbocycles. The third kappa shape index (κ3) is 1.90. The summed E-state index contributed by atoms with van der Waals surface area (Å²) in [4.78, 5) is 11.5. The van der Waals surface area contributed by atoms with Crippen molar-refractivity contribution in [1.29, 1.82) is 0 Å². The van der Waals surface area contributed by atoms with Gasteiger partial charge in [0, 0.05) is 5.56 Å². The van der Waals surface area contributed by atoms with Crippen LogP contribution in [0.4, 0.5) is 0 Å². The molecule has 1 saturated heterocycles. The number of carbonyl (C=O) groups is 1. The predicted molar refractivity (Wildman–Crippen MR) is 63.8 cm³/mol. The lowest BCUT2D eigenvalue weighted by atomic mass is 9.96. The summed E-state index contributed by atoms with van der Waals surface area (Å²) < 4.78 is 20.6. The molecular formula is C13H16O5. The van der Waals surface area contributed by atoms with Gasteiger partial charge in [0.2, 0.25) is 0 Å². The van der Waals surface area contributed by atoms with E-state index in [0.29, 0.717) is 11.5 Å².